The number of Topliss-reactive ketones (excluding diaryl/α,β-unsaturated/α-hetero) is 1. The lowest BCUT2D eigenvalue weighted by Crippen LogP contribution is -2.15. The highest BCUT2D eigenvalue weighted by molar-refractivity contribution is 7.85. The molecule has 0 saturated heterocycles. The summed E-state index contributed by atoms with van der Waals surface area (Å²) in [5.41, 5.74) is 1.06. The molecule has 0 spiro atoms. The Labute approximate surface area is 124 Å². The summed E-state index contributed by atoms with van der Waals surface area (Å²) in [6.07, 6.45) is 0. The summed E-state index contributed by atoms with van der Waals surface area (Å²) in [5.74, 6) is -3.11. The number of rotatable bonds is 4. The van der Waals surface area contributed by atoms with Gasteiger partial charge in [0.05, 0.1) is 22.1 Å². The number of halogens is 2. The highest BCUT2D eigenvalue weighted by atomic mass is 32.2. The van der Waals surface area contributed by atoms with Crippen LogP contribution in [0.1, 0.15) is 21.5 Å². The average molecular weight is 308 g/mol. The maximum atomic E-state index is 13.5. The van der Waals surface area contributed by atoms with Crippen LogP contribution in [0, 0.1) is 25.5 Å². The highest BCUT2D eigenvalue weighted by Gasteiger charge is 2.20. The molecule has 0 aromatic heterocycles. The van der Waals surface area contributed by atoms with Crippen LogP contribution in [-0.2, 0) is 10.8 Å². The van der Waals surface area contributed by atoms with Crippen molar-refractivity contribution in [2.45, 2.75) is 18.7 Å². The fourth-order valence-electron chi connectivity index (χ4n) is 1.99. The van der Waals surface area contributed by atoms with Gasteiger partial charge in [0.25, 0.3) is 0 Å². The molecule has 21 heavy (non-hydrogen) atoms. The summed E-state index contributed by atoms with van der Waals surface area (Å²) in [6.45, 7) is 3.62. The Balaban J connectivity index is 2.27. The van der Waals surface area contributed by atoms with Crippen molar-refractivity contribution in [1.29, 1.82) is 0 Å². The number of hydrogen-bond donors (Lipinski definition) is 0. The number of carbonyl (C=O) groups excluding carboxylic acids is 1. The van der Waals surface area contributed by atoms with E-state index in [4.69, 9.17) is 0 Å². The van der Waals surface area contributed by atoms with Gasteiger partial charge in [0.15, 0.2) is 5.78 Å². The number of benzene rings is 2. The zero-order chi connectivity index (χ0) is 15.6. The van der Waals surface area contributed by atoms with Crippen molar-refractivity contribution in [2.24, 2.45) is 0 Å². The van der Waals surface area contributed by atoms with Gasteiger partial charge in [-0.2, -0.15) is 0 Å². The molecule has 2 rings (SSSR count). The molecule has 5 heteroatoms. The van der Waals surface area contributed by atoms with Crippen LogP contribution in [0.4, 0.5) is 8.78 Å². The number of ketones is 1. The summed E-state index contributed by atoms with van der Waals surface area (Å²) in [5, 5.41) is 0. The second-order valence-corrected chi connectivity index (χ2v) is 6.20. The molecular formula is C16H14F2O2S. The van der Waals surface area contributed by atoms with E-state index in [1.54, 1.807) is 19.1 Å². The first-order valence-corrected chi connectivity index (χ1v) is 7.65. The molecule has 0 saturated carbocycles. The number of carbonyl (C=O) groups is 1. The van der Waals surface area contributed by atoms with E-state index in [-0.39, 0.29) is 0 Å². The third-order valence-electron chi connectivity index (χ3n) is 3.09. The maximum Gasteiger partial charge on any atom is 0.181 e. The van der Waals surface area contributed by atoms with E-state index in [0.717, 1.165) is 23.3 Å². The molecule has 2 aromatic rings. The second-order valence-electron chi connectivity index (χ2n) is 4.78. The Morgan fingerprint density at radius 1 is 1.10 bits per heavy atom. The Bertz CT molecular complexity index is 706. The van der Waals surface area contributed by atoms with Gasteiger partial charge in [-0.25, -0.2) is 8.78 Å². The molecule has 0 fully saturated rings. The Kier molecular flexibility index (Phi) is 4.63. The van der Waals surface area contributed by atoms with Crippen LogP contribution in [0.3, 0.4) is 0 Å². The predicted octanol–water partition coefficient (Wildman–Crippen LogP) is 3.57. The van der Waals surface area contributed by atoms with Crippen molar-refractivity contribution < 1.29 is 17.8 Å². The molecule has 0 radical (unpaired) electrons. The van der Waals surface area contributed by atoms with Crippen LogP contribution in [0.2, 0.25) is 0 Å². The third-order valence-corrected chi connectivity index (χ3v) is 4.55. The summed E-state index contributed by atoms with van der Waals surface area (Å²) >= 11 is 0. The van der Waals surface area contributed by atoms with E-state index < -0.39 is 39.5 Å². The van der Waals surface area contributed by atoms with E-state index in [1.165, 1.54) is 6.07 Å². The largest absolute Gasteiger partial charge is 0.293 e. The molecule has 2 nitrogen and oxygen atoms in total. The van der Waals surface area contributed by atoms with Crippen LogP contribution in [0.25, 0.3) is 0 Å². The first-order chi connectivity index (χ1) is 9.90. The van der Waals surface area contributed by atoms with Crippen molar-refractivity contribution in [3.8, 4) is 0 Å². The van der Waals surface area contributed by atoms with Crippen molar-refractivity contribution in [2.75, 3.05) is 5.75 Å². The van der Waals surface area contributed by atoms with E-state index in [9.17, 15) is 17.8 Å². The van der Waals surface area contributed by atoms with Crippen LogP contribution in [-0.4, -0.2) is 15.7 Å². The molecule has 0 bridgehead atoms. The van der Waals surface area contributed by atoms with Crippen molar-refractivity contribution in [1.82, 2.24) is 0 Å². The molecule has 0 aliphatic heterocycles. The number of aryl methyl sites for hydroxylation is 2. The quantitative estimate of drug-likeness (QED) is 0.809. The zero-order valence-corrected chi connectivity index (χ0v) is 12.5. The topological polar surface area (TPSA) is 34.1 Å². The normalized spacial score (nSPS) is 12.2. The minimum Gasteiger partial charge on any atom is -0.293 e. The van der Waals surface area contributed by atoms with Gasteiger partial charge in [0, 0.05) is 4.90 Å². The van der Waals surface area contributed by atoms with E-state index in [1.807, 2.05) is 13.0 Å². The zero-order valence-electron chi connectivity index (χ0n) is 11.7. The minimum absolute atomic E-state index is 0.442. The van der Waals surface area contributed by atoms with Crippen molar-refractivity contribution >= 4 is 16.6 Å². The Morgan fingerprint density at radius 3 is 2.33 bits per heavy atom. The average Bonchev–Trinajstić information content (AvgIpc) is 2.41. The third kappa shape index (κ3) is 3.42. The number of hydrogen-bond acceptors (Lipinski definition) is 2. The van der Waals surface area contributed by atoms with Gasteiger partial charge in [0.1, 0.15) is 11.6 Å². The molecule has 0 N–H and O–H groups in total. The lowest BCUT2D eigenvalue weighted by molar-refractivity contribution is 0.101. The van der Waals surface area contributed by atoms with E-state index in [2.05, 4.69) is 0 Å². The molecule has 110 valence electrons. The van der Waals surface area contributed by atoms with Gasteiger partial charge in [0.2, 0.25) is 0 Å². The Hall–Kier alpha value is -1.88. The van der Waals surface area contributed by atoms with Crippen molar-refractivity contribution in [3.63, 3.8) is 0 Å². The molecule has 1 atom stereocenters. The molecule has 0 aliphatic rings. The first kappa shape index (κ1) is 15.5. The SMILES string of the molecule is Cc1ccc(C)c(S(=O)CC(=O)c2c(F)cccc2F)c1. The predicted molar refractivity (Wildman–Crippen MR) is 77.9 cm³/mol. The smallest absolute Gasteiger partial charge is 0.181 e. The fraction of sp³-hybridized carbons (Fsp3) is 0.188. The molecular weight excluding hydrogens is 294 g/mol. The van der Waals surface area contributed by atoms with Gasteiger partial charge in [-0.1, -0.05) is 18.2 Å². The molecule has 0 aliphatic carbocycles. The van der Waals surface area contributed by atoms with Crippen LogP contribution >= 0.6 is 0 Å². The van der Waals surface area contributed by atoms with E-state index in [0.29, 0.717) is 4.90 Å². The van der Waals surface area contributed by atoms with Crippen LogP contribution in [0.15, 0.2) is 41.3 Å². The standard InChI is InChI=1S/C16H14F2O2S/c1-10-6-7-11(2)15(8-10)21(20)9-14(19)16-12(17)4-3-5-13(16)18/h3-8H,9H2,1-2H3. The van der Waals surface area contributed by atoms with Gasteiger partial charge in [-0.3, -0.25) is 9.00 Å². The monoisotopic (exact) mass is 308 g/mol. The summed E-state index contributed by atoms with van der Waals surface area (Å²) in [7, 11) is -1.64. The molecule has 0 heterocycles. The summed E-state index contributed by atoms with van der Waals surface area (Å²) in [4.78, 5) is 12.5. The van der Waals surface area contributed by atoms with E-state index >= 15 is 0 Å². The lowest BCUT2D eigenvalue weighted by Gasteiger charge is -2.08. The highest BCUT2D eigenvalue weighted by Crippen LogP contribution is 2.18. The van der Waals surface area contributed by atoms with Crippen LogP contribution in [0.5, 0.6) is 0 Å². The van der Waals surface area contributed by atoms with Gasteiger partial charge in [-0.05, 0) is 43.2 Å². The molecule has 1 unspecified atom stereocenters. The summed E-state index contributed by atoms with van der Waals surface area (Å²) < 4.78 is 39.3. The molecule has 0 amide bonds. The van der Waals surface area contributed by atoms with Crippen molar-refractivity contribution in [3.05, 3.63) is 64.7 Å². The lowest BCUT2D eigenvalue weighted by atomic mass is 10.1. The van der Waals surface area contributed by atoms with Crippen LogP contribution < -0.4 is 0 Å². The van der Waals surface area contributed by atoms with Gasteiger partial charge >= 0.3 is 0 Å². The Morgan fingerprint density at radius 2 is 1.71 bits per heavy atom. The van der Waals surface area contributed by atoms with Gasteiger partial charge < -0.3 is 0 Å². The molecule has 2 aromatic carbocycles. The summed E-state index contributed by atoms with van der Waals surface area (Å²) in [6, 6.07) is 8.60. The maximum absolute atomic E-state index is 13.5. The van der Waals surface area contributed by atoms with Gasteiger partial charge in [-0.15, -0.1) is 0 Å². The second kappa shape index (κ2) is 6.26. The first-order valence-electron chi connectivity index (χ1n) is 6.33. The fourth-order valence-corrected chi connectivity index (χ4v) is 3.27. The minimum atomic E-state index is -1.64.